The molecule has 1 amide bonds. The van der Waals surface area contributed by atoms with Crippen LogP contribution in [0.2, 0.25) is 0 Å². The highest BCUT2D eigenvalue weighted by Gasteiger charge is 2.14. The van der Waals surface area contributed by atoms with Gasteiger partial charge in [0, 0.05) is 7.05 Å². The zero-order valence-electron chi connectivity index (χ0n) is 14.3. The van der Waals surface area contributed by atoms with E-state index in [1.807, 2.05) is 6.92 Å². The quantitative estimate of drug-likeness (QED) is 0.816. The number of nitrogens with zero attached hydrogens (tertiary/aromatic N) is 2. The number of hydrogen-bond acceptors (Lipinski definition) is 5. The van der Waals surface area contributed by atoms with Gasteiger partial charge in [0.25, 0.3) is 5.91 Å². The second-order valence-electron chi connectivity index (χ2n) is 5.40. The maximum Gasteiger partial charge on any atom is 0.310 e. The topological polar surface area (TPSA) is 82.4 Å². The maximum atomic E-state index is 11.9. The van der Waals surface area contributed by atoms with Gasteiger partial charge in [0.15, 0.2) is 6.61 Å². The van der Waals surface area contributed by atoms with Gasteiger partial charge in [-0.25, -0.2) is 0 Å². The summed E-state index contributed by atoms with van der Waals surface area (Å²) in [4.78, 5) is 23.7. The van der Waals surface area contributed by atoms with Crippen molar-refractivity contribution in [1.29, 1.82) is 0 Å². The Kier molecular flexibility index (Phi) is 5.57. The van der Waals surface area contributed by atoms with E-state index >= 15 is 0 Å². The highest BCUT2D eigenvalue weighted by molar-refractivity contribution is 5.93. The summed E-state index contributed by atoms with van der Waals surface area (Å²) >= 11 is 0. The molecule has 2 aromatic rings. The molecule has 1 heterocycles. The number of aryl methyl sites for hydroxylation is 2. The molecule has 0 atom stereocenters. The van der Waals surface area contributed by atoms with Crippen molar-refractivity contribution in [3.63, 3.8) is 0 Å². The molecule has 128 valence electrons. The Balaban J connectivity index is 1.83. The van der Waals surface area contributed by atoms with Crippen molar-refractivity contribution in [2.24, 2.45) is 7.05 Å². The average Bonchev–Trinajstić information content (AvgIpc) is 2.80. The Morgan fingerprint density at radius 1 is 1.21 bits per heavy atom. The van der Waals surface area contributed by atoms with E-state index in [-0.39, 0.29) is 13.0 Å². The summed E-state index contributed by atoms with van der Waals surface area (Å²) in [6.07, 6.45) is 0.0994. The molecule has 1 N–H and O–H groups in total. The minimum Gasteiger partial charge on any atom is -0.497 e. The highest BCUT2D eigenvalue weighted by atomic mass is 16.5. The number of amides is 1. The summed E-state index contributed by atoms with van der Waals surface area (Å²) in [5.74, 6) is -0.138. The van der Waals surface area contributed by atoms with Gasteiger partial charge in [-0.2, -0.15) is 5.10 Å². The number of ether oxygens (including phenoxy) is 2. The fraction of sp³-hybridized carbons (Fsp3) is 0.353. The molecule has 0 aliphatic carbocycles. The standard InChI is InChI=1S/C17H21N3O4/c1-11-17(12(2)20(3)19-11)18-15(21)10-24-16(22)9-13-5-7-14(23-4)8-6-13/h5-8H,9-10H2,1-4H3,(H,18,21). The Labute approximate surface area is 140 Å². The van der Waals surface area contributed by atoms with Crippen LogP contribution < -0.4 is 10.1 Å². The molecule has 0 saturated carbocycles. The van der Waals surface area contributed by atoms with Crippen LogP contribution in [0.1, 0.15) is 17.0 Å². The second kappa shape index (κ2) is 7.63. The van der Waals surface area contributed by atoms with Crippen LogP contribution in [0.4, 0.5) is 5.69 Å². The molecule has 0 bridgehead atoms. The Morgan fingerprint density at radius 3 is 2.42 bits per heavy atom. The van der Waals surface area contributed by atoms with Gasteiger partial charge in [-0.05, 0) is 31.5 Å². The van der Waals surface area contributed by atoms with Crippen LogP contribution in [0, 0.1) is 13.8 Å². The zero-order valence-corrected chi connectivity index (χ0v) is 14.3. The van der Waals surface area contributed by atoms with Gasteiger partial charge in [0.2, 0.25) is 0 Å². The average molecular weight is 331 g/mol. The van der Waals surface area contributed by atoms with E-state index in [1.54, 1.807) is 50.0 Å². The number of aromatic nitrogens is 2. The van der Waals surface area contributed by atoms with Crippen molar-refractivity contribution in [2.75, 3.05) is 19.0 Å². The molecule has 1 aromatic carbocycles. The van der Waals surface area contributed by atoms with E-state index in [1.165, 1.54) is 0 Å². The third-order valence-electron chi connectivity index (χ3n) is 3.65. The van der Waals surface area contributed by atoms with Gasteiger partial charge in [0.05, 0.1) is 30.6 Å². The molecule has 0 radical (unpaired) electrons. The van der Waals surface area contributed by atoms with Crippen molar-refractivity contribution < 1.29 is 19.1 Å². The summed E-state index contributed by atoms with van der Waals surface area (Å²) in [6.45, 7) is 3.33. The van der Waals surface area contributed by atoms with E-state index < -0.39 is 11.9 Å². The molecule has 1 aromatic heterocycles. The molecule has 0 spiro atoms. The van der Waals surface area contributed by atoms with Crippen molar-refractivity contribution in [2.45, 2.75) is 20.3 Å². The van der Waals surface area contributed by atoms with Gasteiger partial charge in [-0.1, -0.05) is 12.1 Å². The lowest BCUT2D eigenvalue weighted by Gasteiger charge is -2.07. The monoisotopic (exact) mass is 331 g/mol. The number of nitrogens with one attached hydrogen (secondary N) is 1. The SMILES string of the molecule is COc1ccc(CC(=O)OCC(=O)Nc2c(C)nn(C)c2C)cc1. The number of hydrogen-bond donors (Lipinski definition) is 1. The van der Waals surface area contributed by atoms with E-state index in [9.17, 15) is 9.59 Å². The van der Waals surface area contributed by atoms with Crippen molar-refractivity contribution in [3.8, 4) is 5.75 Å². The minimum atomic E-state index is -0.463. The summed E-state index contributed by atoms with van der Waals surface area (Å²) in [6, 6.07) is 7.09. The van der Waals surface area contributed by atoms with Crippen molar-refractivity contribution in [1.82, 2.24) is 9.78 Å². The van der Waals surface area contributed by atoms with Crippen LogP contribution in [0.3, 0.4) is 0 Å². The number of methoxy groups -OCH3 is 1. The second-order valence-corrected chi connectivity index (χ2v) is 5.40. The lowest BCUT2D eigenvalue weighted by Crippen LogP contribution is -2.22. The Hall–Kier alpha value is -2.83. The largest absolute Gasteiger partial charge is 0.497 e. The molecular formula is C17H21N3O4. The smallest absolute Gasteiger partial charge is 0.310 e. The number of carbonyl (C=O) groups excluding carboxylic acids is 2. The summed E-state index contributed by atoms with van der Waals surface area (Å²) < 4.78 is 11.7. The van der Waals surface area contributed by atoms with E-state index in [0.717, 1.165) is 11.3 Å². The Bertz CT molecular complexity index is 735. The van der Waals surface area contributed by atoms with E-state index in [4.69, 9.17) is 9.47 Å². The molecule has 7 nitrogen and oxygen atoms in total. The number of carbonyl (C=O) groups is 2. The Morgan fingerprint density at radius 2 is 1.88 bits per heavy atom. The van der Waals surface area contributed by atoms with E-state index in [0.29, 0.717) is 17.1 Å². The van der Waals surface area contributed by atoms with Crippen molar-refractivity contribution >= 4 is 17.6 Å². The minimum absolute atomic E-state index is 0.0994. The first-order valence-corrected chi connectivity index (χ1v) is 7.49. The molecule has 0 aliphatic rings. The molecule has 24 heavy (non-hydrogen) atoms. The molecule has 0 unspecified atom stereocenters. The third kappa shape index (κ3) is 4.34. The lowest BCUT2D eigenvalue weighted by molar-refractivity contribution is -0.146. The number of esters is 1. The molecule has 0 aliphatic heterocycles. The highest BCUT2D eigenvalue weighted by Crippen LogP contribution is 2.18. The van der Waals surface area contributed by atoms with Crippen molar-refractivity contribution in [3.05, 3.63) is 41.2 Å². The molecule has 2 rings (SSSR count). The molecular weight excluding hydrogens is 310 g/mol. The van der Waals surface area contributed by atoms with Crippen LogP contribution in [-0.2, 0) is 27.8 Å². The lowest BCUT2D eigenvalue weighted by atomic mass is 10.1. The summed E-state index contributed by atoms with van der Waals surface area (Å²) in [5, 5.41) is 6.93. The molecule has 0 saturated heterocycles. The summed E-state index contributed by atoms with van der Waals surface area (Å²) in [5.41, 5.74) is 2.99. The predicted octanol–water partition coefficient (Wildman–Crippen LogP) is 1.77. The van der Waals surface area contributed by atoms with Gasteiger partial charge in [-0.3, -0.25) is 14.3 Å². The van der Waals surface area contributed by atoms with Gasteiger partial charge < -0.3 is 14.8 Å². The van der Waals surface area contributed by atoms with Crippen LogP contribution in [0.15, 0.2) is 24.3 Å². The third-order valence-corrected chi connectivity index (χ3v) is 3.65. The first-order valence-electron chi connectivity index (χ1n) is 7.49. The predicted molar refractivity (Wildman–Crippen MR) is 89.0 cm³/mol. The number of anilines is 1. The first-order chi connectivity index (χ1) is 11.4. The number of benzene rings is 1. The van der Waals surface area contributed by atoms with Gasteiger partial charge in [-0.15, -0.1) is 0 Å². The van der Waals surface area contributed by atoms with Gasteiger partial charge in [0.1, 0.15) is 5.75 Å². The molecule has 7 heteroatoms. The molecule has 0 fully saturated rings. The van der Waals surface area contributed by atoms with Gasteiger partial charge >= 0.3 is 5.97 Å². The van der Waals surface area contributed by atoms with Crippen LogP contribution in [0.25, 0.3) is 0 Å². The fourth-order valence-corrected chi connectivity index (χ4v) is 2.24. The maximum absolute atomic E-state index is 11.9. The summed E-state index contributed by atoms with van der Waals surface area (Å²) in [7, 11) is 3.38. The number of rotatable bonds is 6. The van der Waals surface area contributed by atoms with Crippen LogP contribution in [-0.4, -0.2) is 35.4 Å². The van der Waals surface area contributed by atoms with Crippen LogP contribution >= 0.6 is 0 Å². The zero-order chi connectivity index (χ0) is 17.7. The fourth-order valence-electron chi connectivity index (χ4n) is 2.24. The van der Waals surface area contributed by atoms with Crippen LogP contribution in [0.5, 0.6) is 5.75 Å². The normalized spacial score (nSPS) is 10.3. The first kappa shape index (κ1) is 17.5. The van der Waals surface area contributed by atoms with E-state index in [2.05, 4.69) is 10.4 Å².